The minimum atomic E-state index is -0.898. The third-order valence-corrected chi connectivity index (χ3v) is 3.78. The largest absolute Gasteiger partial charge is 0.490 e. The zero-order chi connectivity index (χ0) is 13.7. The second kappa shape index (κ2) is 6.40. The van der Waals surface area contributed by atoms with Crippen molar-refractivity contribution in [3.05, 3.63) is 29.8 Å². The maximum absolute atomic E-state index is 10.6. The number of para-hydroxylation sites is 1. The Morgan fingerprint density at radius 3 is 2.68 bits per heavy atom. The first-order chi connectivity index (χ1) is 9.13. The molecule has 0 radical (unpaired) electrons. The Hall–Kier alpha value is -1.06. The summed E-state index contributed by atoms with van der Waals surface area (Å²) in [5.74, 6) is 0.831. The first kappa shape index (κ1) is 14.4. The van der Waals surface area contributed by atoms with Crippen molar-refractivity contribution in [2.75, 3.05) is 13.1 Å². The quantitative estimate of drug-likeness (QED) is 0.829. The first-order valence-corrected chi connectivity index (χ1v) is 7.33. The van der Waals surface area contributed by atoms with Crippen LogP contribution in [0.4, 0.5) is 0 Å². The van der Waals surface area contributed by atoms with Crippen molar-refractivity contribution in [3.63, 3.8) is 0 Å². The summed E-state index contributed by atoms with van der Waals surface area (Å²) in [4.78, 5) is 0. The Labute approximate surface area is 116 Å². The van der Waals surface area contributed by atoms with Gasteiger partial charge in [-0.05, 0) is 45.2 Å². The second-order valence-electron chi connectivity index (χ2n) is 5.57. The summed E-state index contributed by atoms with van der Waals surface area (Å²) in [6.45, 7) is 5.26. The molecule has 0 spiro atoms. The van der Waals surface area contributed by atoms with Gasteiger partial charge in [-0.2, -0.15) is 0 Å². The standard InChI is InChI=1S/C16H25NO2/c1-3-17-12-16(2,18)14-10-6-7-11-15(14)19-13-8-4-5-9-13/h6-7,10-11,13,17-18H,3-5,8-9,12H2,1-2H3. The number of aliphatic hydroxyl groups is 1. The predicted molar refractivity (Wildman–Crippen MR) is 77.4 cm³/mol. The van der Waals surface area contributed by atoms with Crippen LogP contribution in [0.25, 0.3) is 0 Å². The average Bonchev–Trinajstić information content (AvgIpc) is 2.90. The molecule has 1 aliphatic rings. The molecule has 0 saturated heterocycles. The van der Waals surface area contributed by atoms with Gasteiger partial charge in [0.25, 0.3) is 0 Å². The second-order valence-corrected chi connectivity index (χ2v) is 5.57. The Morgan fingerprint density at radius 2 is 2.00 bits per heavy atom. The Balaban J connectivity index is 2.14. The zero-order valence-electron chi connectivity index (χ0n) is 12.0. The third-order valence-electron chi connectivity index (χ3n) is 3.78. The Kier molecular flexibility index (Phi) is 4.83. The van der Waals surface area contributed by atoms with Crippen molar-refractivity contribution in [3.8, 4) is 5.75 Å². The van der Waals surface area contributed by atoms with Gasteiger partial charge in [-0.3, -0.25) is 0 Å². The van der Waals surface area contributed by atoms with Crippen molar-refractivity contribution < 1.29 is 9.84 Å². The van der Waals surface area contributed by atoms with Crippen molar-refractivity contribution in [2.24, 2.45) is 0 Å². The first-order valence-electron chi connectivity index (χ1n) is 7.33. The van der Waals surface area contributed by atoms with Crippen LogP contribution in [0.3, 0.4) is 0 Å². The molecule has 2 N–H and O–H groups in total. The van der Waals surface area contributed by atoms with Crippen LogP contribution in [0, 0.1) is 0 Å². The van der Waals surface area contributed by atoms with E-state index in [1.807, 2.05) is 38.1 Å². The van der Waals surface area contributed by atoms with Crippen molar-refractivity contribution >= 4 is 0 Å². The molecule has 0 bridgehead atoms. The normalized spacial score (nSPS) is 19.3. The number of benzene rings is 1. The molecule has 1 atom stereocenters. The fraction of sp³-hybridized carbons (Fsp3) is 0.625. The molecule has 0 heterocycles. The minimum Gasteiger partial charge on any atom is -0.490 e. The van der Waals surface area contributed by atoms with Gasteiger partial charge >= 0.3 is 0 Å². The molecule has 1 unspecified atom stereocenters. The molecule has 3 nitrogen and oxygen atoms in total. The lowest BCUT2D eigenvalue weighted by atomic mass is 9.95. The number of nitrogens with one attached hydrogen (secondary N) is 1. The molecule has 1 aliphatic carbocycles. The van der Waals surface area contributed by atoms with E-state index in [1.54, 1.807) is 0 Å². The number of ether oxygens (including phenoxy) is 1. The lowest BCUT2D eigenvalue weighted by molar-refractivity contribution is 0.0523. The lowest BCUT2D eigenvalue weighted by Gasteiger charge is -2.27. The van der Waals surface area contributed by atoms with Gasteiger partial charge in [0.05, 0.1) is 6.10 Å². The predicted octanol–water partition coefficient (Wildman–Crippen LogP) is 2.83. The number of likely N-dealkylation sites (N-methyl/N-ethyl adjacent to an activating group) is 1. The van der Waals surface area contributed by atoms with Crippen LogP contribution in [0.5, 0.6) is 5.75 Å². The Bertz CT molecular complexity index is 397. The smallest absolute Gasteiger partial charge is 0.125 e. The molecule has 0 aromatic heterocycles. The summed E-state index contributed by atoms with van der Waals surface area (Å²) in [6, 6.07) is 7.85. The van der Waals surface area contributed by atoms with Gasteiger partial charge in [0, 0.05) is 12.1 Å². The highest BCUT2D eigenvalue weighted by Crippen LogP contribution is 2.32. The highest BCUT2D eigenvalue weighted by Gasteiger charge is 2.27. The molecule has 1 saturated carbocycles. The molecule has 0 amide bonds. The van der Waals surface area contributed by atoms with Crippen LogP contribution in [0.15, 0.2) is 24.3 Å². The van der Waals surface area contributed by atoms with E-state index in [1.165, 1.54) is 12.8 Å². The Morgan fingerprint density at radius 1 is 1.32 bits per heavy atom. The van der Waals surface area contributed by atoms with Crippen molar-refractivity contribution in [2.45, 2.75) is 51.2 Å². The van der Waals surface area contributed by atoms with Crippen LogP contribution in [0.2, 0.25) is 0 Å². The van der Waals surface area contributed by atoms with E-state index < -0.39 is 5.60 Å². The van der Waals surface area contributed by atoms with E-state index in [2.05, 4.69) is 5.32 Å². The molecule has 3 heteroatoms. The van der Waals surface area contributed by atoms with E-state index in [0.717, 1.165) is 30.7 Å². The van der Waals surface area contributed by atoms with Crippen LogP contribution in [0.1, 0.15) is 45.1 Å². The SMILES string of the molecule is CCNCC(C)(O)c1ccccc1OC1CCCC1. The molecule has 106 valence electrons. The number of hydrogen-bond donors (Lipinski definition) is 2. The van der Waals surface area contributed by atoms with E-state index >= 15 is 0 Å². The highest BCUT2D eigenvalue weighted by molar-refractivity contribution is 5.38. The maximum atomic E-state index is 10.6. The summed E-state index contributed by atoms with van der Waals surface area (Å²) >= 11 is 0. The van der Waals surface area contributed by atoms with Gasteiger partial charge in [-0.25, -0.2) is 0 Å². The molecular formula is C16H25NO2. The van der Waals surface area contributed by atoms with Crippen LogP contribution in [-0.4, -0.2) is 24.3 Å². The molecule has 0 aliphatic heterocycles. The molecule has 1 aromatic carbocycles. The van der Waals surface area contributed by atoms with E-state index in [-0.39, 0.29) is 0 Å². The van der Waals surface area contributed by atoms with Gasteiger partial charge in [0.15, 0.2) is 0 Å². The summed E-state index contributed by atoms with van der Waals surface area (Å²) in [6.07, 6.45) is 5.07. The molecule has 1 fully saturated rings. The fourth-order valence-corrected chi connectivity index (χ4v) is 2.66. The van der Waals surface area contributed by atoms with E-state index in [4.69, 9.17) is 4.74 Å². The van der Waals surface area contributed by atoms with Gasteiger partial charge in [-0.1, -0.05) is 25.1 Å². The minimum absolute atomic E-state index is 0.316. The van der Waals surface area contributed by atoms with Crippen LogP contribution < -0.4 is 10.1 Å². The third kappa shape index (κ3) is 3.71. The topological polar surface area (TPSA) is 41.5 Å². The zero-order valence-corrected chi connectivity index (χ0v) is 12.0. The summed E-state index contributed by atoms with van der Waals surface area (Å²) in [5.41, 5.74) is -0.0200. The van der Waals surface area contributed by atoms with Gasteiger partial charge in [0.1, 0.15) is 11.4 Å². The number of rotatable bonds is 6. The monoisotopic (exact) mass is 263 g/mol. The van der Waals surface area contributed by atoms with Crippen LogP contribution in [-0.2, 0) is 5.60 Å². The molecular weight excluding hydrogens is 238 g/mol. The van der Waals surface area contributed by atoms with Gasteiger partial charge in [-0.15, -0.1) is 0 Å². The van der Waals surface area contributed by atoms with Crippen molar-refractivity contribution in [1.29, 1.82) is 0 Å². The molecule has 19 heavy (non-hydrogen) atoms. The lowest BCUT2D eigenvalue weighted by Crippen LogP contribution is -2.35. The van der Waals surface area contributed by atoms with Crippen LogP contribution >= 0.6 is 0 Å². The van der Waals surface area contributed by atoms with Gasteiger partial charge in [0.2, 0.25) is 0 Å². The van der Waals surface area contributed by atoms with E-state index in [9.17, 15) is 5.11 Å². The summed E-state index contributed by atoms with van der Waals surface area (Å²) < 4.78 is 6.08. The summed E-state index contributed by atoms with van der Waals surface area (Å²) in [5, 5.41) is 13.8. The average molecular weight is 263 g/mol. The summed E-state index contributed by atoms with van der Waals surface area (Å²) in [7, 11) is 0. The van der Waals surface area contributed by atoms with Gasteiger partial charge < -0.3 is 15.2 Å². The van der Waals surface area contributed by atoms with E-state index in [0.29, 0.717) is 12.6 Å². The fourth-order valence-electron chi connectivity index (χ4n) is 2.66. The number of hydrogen-bond acceptors (Lipinski definition) is 3. The molecule has 1 aromatic rings. The molecule has 2 rings (SSSR count). The van der Waals surface area contributed by atoms with Crippen molar-refractivity contribution in [1.82, 2.24) is 5.32 Å². The highest BCUT2D eigenvalue weighted by atomic mass is 16.5. The maximum Gasteiger partial charge on any atom is 0.125 e.